The van der Waals surface area contributed by atoms with Crippen molar-refractivity contribution in [2.24, 2.45) is 5.92 Å². The summed E-state index contributed by atoms with van der Waals surface area (Å²) in [5.41, 5.74) is 1.41. The number of anilines is 2. The van der Waals surface area contributed by atoms with E-state index in [0.29, 0.717) is 42.5 Å². The standard InChI is InChI=1S/C26H36N4O4/c1-18(2)17-23(31)27-19-8-10-20(11-9-19)28-24(32)22-7-6-14-30(22)21-12-15-29(16-13-21)25(33)34-26(3,4)5/h6-11,14,18,21H,12-13,15-17H2,1-5H3,(H,27,31)(H,28,32). The first kappa shape index (κ1) is 25.3. The van der Waals surface area contributed by atoms with E-state index in [4.69, 9.17) is 4.74 Å². The van der Waals surface area contributed by atoms with E-state index in [9.17, 15) is 14.4 Å². The van der Waals surface area contributed by atoms with Crippen molar-refractivity contribution in [2.45, 2.75) is 65.5 Å². The molecule has 0 aliphatic carbocycles. The molecule has 0 saturated carbocycles. The van der Waals surface area contributed by atoms with Gasteiger partial charge >= 0.3 is 6.09 Å². The van der Waals surface area contributed by atoms with Crippen molar-refractivity contribution in [3.63, 3.8) is 0 Å². The zero-order chi connectivity index (χ0) is 24.9. The van der Waals surface area contributed by atoms with Crippen molar-refractivity contribution < 1.29 is 19.1 Å². The third kappa shape index (κ3) is 7.10. The van der Waals surface area contributed by atoms with E-state index in [-0.39, 0.29) is 23.9 Å². The minimum Gasteiger partial charge on any atom is -0.444 e. The van der Waals surface area contributed by atoms with Crippen molar-refractivity contribution in [3.8, 4) is 0 Å². The monoisotopic (exact) mass is 468 g/mol. The minimum atomic E-state index is -0.516. The van der Waals surface area contributed by atoms with Crippen LogP contribution in [0.4, 0.5) is 16.2 Å². The van der Waals surface area contributed by atoms with Crippen molar-refractivity contribution in [3.05, 3.63) is 48.3 Å². The third-order valence-electron chi connectivity index (χ3n) is 5.54. The molecule has 3 amide bonds. The van der Waals surface area contributed by atoms with Gasteiger partial charge in [-0.15, -0.1) is 0 Å². The summed E-state index contributed by atoms with van der Waals surface area (Å²) in [7, 11) is 0. The molecule has 1 saturated heterocycles. The Morgan fingerprint density at radius 2 is 1.59 bits per heavy atom. The van der Waals surface area contributed by atoms with Crippen molar-refractivity contribution in [1.29, 1.82) is 0 Å². The van der Waals surface area contributed by atoms with Crippen LogP contribution < -0.4 is 10.6 Å². The quantitative estimate of drug-likeness (QED) is 0.602. The number of carbonyl (C=O) groups is 3. The van der Waals surface area contributed by atoms with Crippen molar-refractivity contribution in [2.75, 3.05) is 23.7 Å². The number of rotatable bonds is 6. The Balaban J connectivity index is 1.57. The summed E-state index contributed by atoms with van der Waals surface area (Å²) < 4.78 is 7.46. The zero-order valence-corrected chi connectivity index (χ0v) is 20.8. The Morgan fingerprint density at radius 1 is 1.00 bits per heavy atom. The Morgan fingerprint density at radius 3 is 2.15 bits per heavy atom. The highest BCUT2D eigenvalue weighted by molar-refractivity contribution is 6.03. The van der Waals surface area contributed by atoms with E-state index in [1.54, 1.807) is 35.2 Å². The summed E-state index contributed by atoms with van der Waals surface area (Å²) in [4.78, 5) is 39.0. The highest BCUT2D eigenvalue weighted by Crippen LogP contribution is 2.26. The Kier molecular flexibility index (Phi) is 8.02. The first-order chi connectivity index (χ1) is 16.0. The fourth-order valence-corrected chi connectivity index (χ4v) is 3.97. The lowest BCUT2D eigenvalue weighted by Gasteiger charge is -2.34. The third-order valence-corrected chi connectivity index (χ3v) is 5.54. The molecule has 0 atom stereocenters. The maximum absolute atomic E-state index is 13.0. The highest BCUT2D eigenvalue weighted by Gasteiger charge is 2.28. The van der Waals surface area contributed by atoms with Crippen LogP contribution in [0.25, 0.3) is 0 Å². The second-order valence-corrected chi connectivity index (χ2v) is 10.2. The van der Waals surface area contributed by atoms with Gasteiger partial charge in [-0.2, -0.15) is 0 Å². The predicted octanol–water partition coefficient (Wildman–Crippen LogP) is 5.30. The maximum Gasteiger partial charge on any atom is 0.410 e. The van der Waals surface area contributed by atoms with Gasteiger partial charge in [0, 0.05) is 43.1 Å². The number of hydrogen-bond donors (Lipinski definition) is 2. The smallest absolute Gasteiger partial charge is 0.410 e. The Bertz CT molecular complexity index is 997. The molecule has 1 aliphatic heterocycles. The molecule has 0 radical (unpaired) electrons. The fourth-order valence-electron chi connectivity index (χ4n) is 3.97. The summed E-state index contributed by atoms with van der Waals surface area (Å²) in [5.74, 6) is 0.0674. The average molecular weight is 469 g/mol. The molecule has 34 heavy (non-hydrogen) atoms. The number of benzene rings is 1. The number of hydrogen-bond acceptors (Lipinski definition) is 4. The van der Waals surface area contributed by atoms with Crippen LogP contribution in [0.15, 0.2) is 42.6 Å². The van der Waals surface area contributed by atoms with Gasteiger partial charge in [0.2, 0.25) is 5.91 Å². The molecule has 0 spiro atoms. The zero-order valence-electron chi connectivity index (χ0n) is 20.8. The molecule has 2 aromatic rings. The molecule has 1 aromatic heterocycles. The van der Waals surface area contributed by atoms with E-state index in [2.05, 4.69) is 10.6 Å². The number of nitrogens with one attached hydrogen (secondary N) is 2. The molecule has 0 unspecified atom stereocenters. The van der Waals surface area contributed by atoms with Gasteiger partial charge in [-0.1, -0.05) is 13.8 Å². The van der Waals surface area contributed by atoms with Crippen LogP contribution in [0.3, 0.4) is 0 Å². The van der Waals surface area contributed by atoms with Gasteiger partial charge in [0.25, 0.3) is 5.91 Å². The van der Waals surface area contributed by atoms with Crippen LogP contribution in [-0.4, -0.2) is 46.1 Å². The van der Waals surface area contributed by atoms with E-state index >= 15 is 0 Å². The molecular formula is C26H36N4O4. The van der Waals surface area contributed by atoms with Crippen molar-refractivity contribution in [1.82, 2.24) is 9.47 Å². The predicted molar refractivity (Wildman–Crippen MR) is 133 cm³/mol. The highest BCUT2D eigenvalue weighted by atomic mass is 16.6. The van der Waals surface area contributed by atoms with Gasteiger partial charge in [0.1, 0.15) is 11.3 Å². The van der Waals surface area contributed by atoms with Gasteiger partial charge in [-0.3, -0.25) is 9.59 Å². The Hall–Kier alpha value is -3.29. The van der Waals surface area contributed by atoms with Gasteiger partial charge in [0.05, 0.1) is 0 Å². The van der Waals surface area contributed by atoms with E-state index in [1.165, 1.54) is 0 Å². The number of amides is 3. The number of carbonyl (C=O) groups excluding carboxylic acids is 3. The van der Waals surface area contributed by atoms with Crippen LogP contribution >= 0.6 is 0 Å². The van der Waals surface area contributed by atoms with Crippen molar-refractivity contribution >= 4 is 29.3 Å². The largest absolute Gasteiger partial charge is 0.444 e. The lowest BCUT2D eigenvalue weighted by atomic mass is 10.0. The van der Waals surface area contributed by atoms with E-state index in [0.717, 1.165) is 12.8 Å². The SMILES string of the molecule is CC(C)CC(=O)Nc1ccc(NC(=O)c2cccn2C2CCN(C(=O)OC(C)(C)C)CC2)cc1. The average Bonchev–Trinajstić information content (AvgIpc) is 3.23. The topological polar surface area (TPSA) is 92.7 Å². The molecule has 184 valence electrons. The van der Waals surface area contributed by atoms with Gasteiger partial charge in [0.15, 0.2) is 0 Å². The molecule has 8 nitrogen and oxygen atoms in total. The fraction of sp³-hybridized carbons (Fsp3) is 0.500. The van der Waals surface area contributed by atoms with E-state index < -0.39 is 5.60 Å². The molecule has 2 N–H and O–H groups in total. The van der Waals surface area contributed by atoms with Crippen LogP contribution in [-0.2, 0) is 9.53 Å². The molecule has 0 bridgehead atoms. The van der Waals surface area contributed by atoms with Gasteiger partial charge in [-0.05, 0) is 75.9 Å². The summed E-state index contributed by atoms with van der Waals surface area (Å²) in [5, 5.41) is 5.80. The summed E-state index contributed by atoms with van der Waals surface area (Å²) >= 11 is 0. The van der Waals surface area contributed by atoms with Gasteiger partial charge < -0.3 is 24.8 Å². The second-order valence-electron chi connectivity index (χ2n) is 10.2. The van der Waals surface area contributed by atoms with Gasteiger partial charge in [-0.25, -0.2) is 4.79 Å². The van der Waals surface area contributed by atoms with E-state index in [1.807, 2.05) is 51.4 Å². The molecule has 3 rings (SSSR count). The van der Waals surface area contributed by atoms with Crippen LogP contribution in [0.1, 0.15) is 70.4 Å². The van der Waals surface area contributed by atoms with Crippen LogP contribution in [0, 0.1) is 5.92 Å². The Labute approximate surface area is 201 Å². The summed E-state index contributed by atoms with van der Waals surface area (Å²) in [6.07, 6.45) is 3.58. The number of ether oxygens (including phenoxy) is 1. The van der Waals surface area contributed by atoms with Crippen LogP contribution in [0.2, 0.25) is 0 Å². The second kappa shape index (κ2) is 10.8. The first-order valence-electron chi connectivity index (χ1n) is 11.9. The number of aromatic nitrogens is 1. The molecule has 2 heterocycles. The molecule has 1 fully saturated rings. The lowest BCUT2D eigenvalue weighted by molar-refractivity contribution is -0.116. The molecule has 1 aromatic carbocycles. The number of nitrogens with zero attached hydrogens (tertiary/aromatic N) is 2. The first-order valence-corrected chi connectivity index (χ1v) is 11.9. The normalized spacial score (nSPS) is 14.7. The molecule has 8 heteroatoms. The number of likely N-dealkylation sites (tertiary alicyclic amines) is 1. The maximum atomic E-state index is 13.0. The molecular weight excluding hydrogens is 432 g/mol. The lowest BCUT2D eigenvalue weighted by Crippen LogP contribution is -2.42. The summed E-state index contributed by atoms with van der Waals surface area (Å²) in [6, 6.07) is 10.9. The van der Waals surface area contributed by atoms with Crippen LogP contribution in [0.5, 0.6) is 0 Å². The number of piperidine rings is 1. The minimum absolute atomic E-state index is 0.0256. The summed E-state index contributed by atoms with van der Waals surface area (Å²) in [6.45, 7) is 10.7. The molecule has 1 aliphatic rings.